The molecule has 0 saturated heterocycles. The Morgan fingerprint density at radius 3 is 2.62 bits per heavy atom. The molecule has 0 spiro atoms. The molecule has 1 heterocycles. The van der Waals surface area contributed by atoms with E-state index in [0.717, 1.165) is 43.9 Å². The van der Waals surface area contributed by atoms with Crippen molar-refractivity contribution in [2.75, 3.05) is 13.1 Å². The van der Waals surface area contributed by atoms with E-state index in [2.05, 4.69) is 41.6 Å². The Balaban J connectivity index is 2.13. The minimum atomic E-state index is 0.163. The largest absolute Gasteiger partial charge is 0.316 e. The van der Waals surface area contributed by atoms with Crippen molar-refractivity contribution in [1.82, 2.24) is 25.5 Å². The van der Waals surface area contributed by atoms with Crippen LogP contribution in [-0.2, 0) is 6.42 Å². The van der Waals surface area contributed by atoms with Gasteiger partial charge in [0.25, 0.3) is 0 Å². The fourth-order valence-corrected chi connectivity index (χ4v) is 2.35. The van der Waals surface area contributed by atoms with Gasteiger partial charge in [-0.15, -0.1) is 5.10 Å². The Hall–Kier alpha value is -1.75. The van der Waals surface area contributed by atoms with Gasteiger partial charge in [0.05, 0.1) is 5.69 Å². The van der Waals surface area contributed by atoms with Gasteiger partial charge >= 0.3 is 0 Å². The lowest BCUT2D eigenvalue weighted by Gasteiger charge is -2.28. The molecule has 0 radical (unpaired) electrons. The summed E-state index contributed by atoms with van der Waals surface area (Å²) >= 11 is 0. The Morgan fingerprint density at radius 2 is 1.95 bits per heavy atom. The van der Waals surface area contributed by atoms with Crippen LogP contribution in [0.5, 0.6) is 0 Å². The Morgan fingerprint density at radius 1 is 1.19 bits per heavy atom. The van der Waals surface area contributed by atoms with Crippen LogP contribution in [0.1, 0.15) is 39.4 Å². The van der Waals surface area contributed by atoms with Gasteiger partial charge in [0, 0.05) is 13.0 Å². The minimum absolute atomic E-state index is 0.163. The lowest BCUT2D eigenvalue weighted by Crippen LogP contribution is -2.34. The first kappa shape index (κ1) is 15.6. The van der Waals surface area contributed by atoms with Crippen LogP contribution < -0.4 is 5.32 Å². The molecule has 5 nitrogen and oxygen atoms in total. The number of rotatable bonds is 8. The van der Waals surface area contributed by atoms with Gasteiger partial charge in [-0.05, 0) is 47.4 Å². The third kappa shape index (κ3) is 4.11. The molecule has 0 amide bonds. The lowest BCUT2D eigenvalue weighted by molar-refractivity contribution is 0.283. The van der Waals surface area contributed by atoms with E-state index in [4.69, 9.17) is 0 Å². The van der Waals surface area contributed by atoms with Crippen LogP contribution in [0.3, 0.4) is 0 Å². The average Bonchev–Trinajstić information content (AvgIpc) is 2.96. The molecular formula is C16H25N5. The second-order valence-electron chi connectivity index (χ2n) is 5.86. The Kier molecular flexibility index (Phi) is 5.44. The van der Waals surface area contributed by atoms with Crippen LogP contribution in [0.25, 0.3) is 5.69 Å². The van der Waals surface area contributed by atoms with Crippen LogP contribution in [0.2, 0.25) is 0 Å². The summed E-state index contributed by atoms with van der Waals surface area (Å²) in [5.74, 6) is 0.920. The van der Waals surface area contributed by atoms with Crippen LogP contribution in [0, 0.1) is 5.41 Å². The van der Waals surface area contributed by atoms with Gasteiger partial charge in [0.1, 0.15) is 0 Å². The van der Waals surface area contributed by atoms with E-state index in [-0.39, 0.29) is 5.41 Å². The molecule has 1 unspecified atom stereocenters. The van der Waals surface area contributed by atoms with E-state index in [0.29, 0.717) is 0 Å². The topological polar surface area (TPSA) is 55.6 Å². The standard InChI is InChI=1S/C16H25N5/c1-4-11-17-13-16(3,5-2)12-15-18-19-20-21(15)14-9-7-6-8-10-14/h6-10,17H,4-5,11-13H2,1-3H3. The second-order valence-corrected chi connectivity index (χ2v) is 5.86. The third-order valence-corrected chi connectivity index (χ3v) is 3.95. The highest BCUT2D eigenvalue weighted by molar-refractivity contribution is 5.30. The molecule has 1 aromatic heterocycles. The fourth-order valence-electron chi connectivity index (χ4n) is 2.35. The van der Waals surface area contributed by atoms with E-state index in [1.807, 2.05) is 35.0 Å². The molecular weight excluding hydrogens is 262 g/mol. The molecule has 0 aliphatic carbocycles. The molecule has 0 bridgehead atoms. The van der Waals surface area contributed by atoms with Gasteiger partial charge < -0.3 is 5.32 Å². The summed E-state index contributed by atoms with van der Waals surface area (Å²) in [6.45, 7) is 8.74. The van der Waals surface area contributed by atoms with Gasteiger partial charge in [0.15, 0.2) is 5.82 Å². The number of benzene rings is 1. The molecule has 0 aliphatic heterocycles. The maximum absolute atomic E-state index is 4.23. The lowest BCUT2D eigenvalue weighted by atomic mass is 9.83. The van der Waals surface area contributed by atoms with Crippen molar-refractivity contribution in [1.29, 1.82) is 0 Å². The van der Waals surface area contributed by atoms with Crippen molar-refractivity contribution in [3.8, 4) is 5.69 Å². The number of nitrogens with zero attached hydrogens (tertiary/aromatic N) is 4. The van der Waals surface area contributed by atoms with Crippen molar-refractivity contribution in [2.24, 2.45) is 5.41 Å². The summed E-state index contributed by atoms with van der Waals surface area (Å²) in [4.78, 5) is 0. The summed E-state index contributed by atoms with van der Waals surface area (Å²) in [6.07, 6.45) is 3.11. The normalized spacial score (nSPS) is 14.0. The van der Waals surface area contributed by atoms with Crippen molar-refractivity contribution >= 4 is 0 Å². The molecule has 0 aliphatic rings. The van der Waals surface area contributed by atoms with Crippen molar-refractivity contribution < 1.29 is 0 Å². The van der Waals surface area contributed by atoms with Gasteiger partial charge in [-0.3, -0.25) is 0 Å². The predicted molar refractivity (Wildman–Crippen MR) is 84.4 cm³/mol. The number of aromatic nitrogens is 4. The first-order valence-corrected chi connectivity index (χ1v) is 7.72. The summed E-state index contributed by atoms with van der Waals surface area (Å²) in [7, 11) is 0. The maximum Gasteiger partial charge on any atom is 0.157 e. The molecule has 114 valence electrons. The summed E-state index contributed by atoms with van der Waals surface area (Å²) < 4.78 is 1.84. The van der Waals surface area contributed by atoms with Gasteiger partial charge in [-0.1, -0.05) is 39.0 Å². The summed E-state index contributed by atoms with van der Waals surface area (Å²) in [5, 5.41) is 15.7. The number of nitrogens with one attached hydrogen (secondary N) is 1. The minimum Gasteiger partial charge on any atom is -0.316 e. The molecule has 0 fully saturated rings. The van der Waals surface area contributed by atoms with E-state index < -0.39 is 0 Å². The fraction of sp³-hybridized carbons (Fsp3) is 0.562. The van der Waals surface area contributed by atoms with Crippen molar-refractivity contribution in [2.45, 2.75) is 40.0 Å². The number of hydrogen-bond acceptors (Lipinski definition) is 4. The Labute approximate surface area is 126 Å². The SMILES string of the molecule is CCCNCC(C)(CC)Cc1nnnn1-c1ccccc1. The van der Waals surface area contributed by atoms with Crippen LogP contribution in [0.15, 0.2) is 30.3 Å². The number of para-hydroxylation sites is 1. The van der Waals surface area contributed by atoms with Crippen LogP contribution >= 0.6 is 0 Å². The summed E-state index contributed by atoms with van der Waals surface area (Å²) in [6, 6.07) is 10.1. The maximum atomic E-state index is 4.23. The van der Waals surface area contributed by atoms with E-state index in [1.165, 1.54) is 0 Å². The highest BCUT2D eigenvalue weighted by atomic mass is 15.5. The van der Waals surface area contributed by atoms with Gasteiger partial charge in [-0.2, -0.15) is 4.68 Å². The van der Waals surface area contributed by atoms with E-state index >= 15 is 0 Å². The van der Waals surface area contributed by atoms with Gasteiger partial charge in [-0.25, -0.2) is 0 Å². The molecule has 21 heavy (non-hydrogen) atoms. The smallest absolute Gasteiger partial charge is 0.157 e. The molecule has 1 atom stereocenters. The number of hydrogen-bond donors (Lipinski definition) is 1. The van der Waals surface area contributed by atoms with E-state index in [1.54, 1.807) is 0 Å². The monoisotopic (exact) mass is 287 g/mol. The number of tetrazole rings is 1. The molecule has 5 heteroatoms. The zero-order valence-corrected chi connectivity index (χ0v) is 13.2. The summed E-state index contributed by atoms with van der Waals surface area (Å²) in [5.41, 5.74) is 1.17. The first-order chi connectivity index (χ1) is 10.2. The predicted octanol–water partition coefficient (Wildman–Crippen LogP) is 2.62. The highest BCUT2D eigenvalue weighted by Crippen LogP contribution is 2.25. The quantitative estimate of drug-likeness (QED) is 0.758. The first-order valence-electron chi connectivity index (χ1n) is 7.72. The molecule has 0 saturated carbocycles. The molecule has 1 aromatic carbocycles. The van der Waals surface area contributed by atoms with E-state index in [9.17, 15) is 0 Å². The van der Waals surface area contributed by atoms with Crippen molar-refractivity contribution in [3.63, 3.8) is 0 Å². The molecule has 2 aromatic rings. The zero-order chi connectivity index (χ0) is 15.1. The van der Waals surface area contributed by atoms with Crippen molar-refractivity contribution in [3.05, 3.63) is 36.2 Å². The highest BCUT2D eigenvalue weighted by Gasteiger charge is 2.25. The molecule has 1 N–H and O–H groups in total. The second kappa shape index (κ2) is 7.31. The van der Waals surface area contributed by atoms with Crippen LogP contribution in [0.4, 0.5) is 0 Å². The van der Waals surface area contributed by atoms with Gasteiger partial charge in [0.2, 0.25) is 0 Å². The average molecular weight is 287 g/mol. The third-order valence-electron chi connectivity index (χ3n) is 3.95. The molecule has 2 rings (SSSR count). The van der Waals surface area contributed by atoms with Crippen LogP contribution in [-0.4, -0.2) is 33.3 Å². The zero-order valence-electron chi connectivity index (χ0n) is 13.2. The Bertz CT molecular complexity index is 537.